The Kier molecular flexibility index (Phi) is 10.4. The van der Waals surface area contributed by atoms with Gasteiger partial charge in [0.05, 0.1) is 12.8 Å². The van der Waals surface area contributed by atoms with Crippen molar-refractivity contribution in [1.29, 1.82) is 0 Å². The summed E-state index contributed by atoms with van der Waals surface area (Å²) in [4.78, 5) is 10.7. The minimum atomic E-state index is -0.0689. The highest BCUT2D eigenvalue weighted by Crippen LogP contribution is 2.18. The van der Waals surface area contributed by atoms with Gasteiger partial charge in [-0.15, -0.1) is 0 Å². The van der Waals surface area contributed by atoms with E-state index in [0.29, 0.717) is 0 Å². The third-order valence-corrected chi connectivity index (χ3v) is 3.27. The summed E-state index contributed by atoms with van der Waals surface area (Å²) in [7, 11) is 3.34. The quantitative estimate of drug-likeness (QED) is 0.861. The summed E-state index contributed by atoms with van der Waals surface area (Å²) in [6.07, 6.45) is 2.19. The summed E-state index contributed by atoms with van der Waals surface area (Å²) in [5, 5.41) is 3.88. The first kappa shape index (κ1) is 20.9. The SMILES string of the molecule is CC.CCc1ccc(OC)cc1CC.Cc1ccc(=O)n(C)n1. The van der Waals surface area contributed by atoms with Crippen LogP contribution in [0.25, 0.3) is 0 Å². The van der Waals surface area contributed by atoms with Crippen LogP contribution < -0.4 is 10.3 Å². The molecular formula is C19H30N2O2. The molecule has 128 valence electrons. The van der Waals surface area contributed by atoms with Crippen LogP contribution >= 0.6 is 0 Å². The third-order valence-electron chi connectivity index (χ3n) is 3.27. The zero-order chi connectivity index (χ0) is 17.8. The number of ether oxygens (including phenoxy) is 1. The second kappa shape index (κ2) is 11.5. The Hall–Kier alpha value is -2.10. The lowest BCUT2D eigenvalue weighted by Crippen LogP contribution is -2.18. The van der Waals surface area contributed by atoms with Crippen LogP contribution in [-0.2, 0) is 19.9 Å². The number of methoxy groups -OCH3 is 1. The van der Waals surface area contributed by atoms with Gasteiger partial charge in [-0.1, -0.05) is 33.8 Å². The fourth-order valence-electron chi connectivity index (χ4n) is 2.02. The smallest absolute Gasteiger partial charge is 0.266 e. The second-order valence-corrected chi connectivity index (χ2v) is 4.78. The maximum Gasteiger partial charge on any atom is 0.266 e. The Morgan fingerprint density at radius 3 is 2.09 bits per heavy atom. The van der Waals surface area contributed by atoms with Crippen LogP contribution in [0.4, 0.5) is 0 Å². The number of hydrogen-bond donors (Lipinski definition) is 0. The van der Waals surface area contributed by atoms with E-state index in [0.717, 1.165) is 24.3 Å². The number of rotatable bonds is 3. The number of aryl methyl sites for hydroxylation is 4. The Balaban J connectivity index is 0.000000392. The monoisotopic (exact) mass is 318 g/mol. The molecule has 2 aromatic rings. The molecule has 0 spiro atoms. The number of nitrogens with zero attached hydrogens (tertiary/aromatic N) is 2. The van der Waals surface area contributed by atoms with E-state index in [-0.39, 0.29) is 5.56 Å². The highest BCUT2D eigenvalue weighted by Gasteiger charge is 1.99. The van der Waals surface area contributed by atoms with Crippen molar-refractivity contribution in [2.45, 2.75) is 47.5 Å². The van der Waals surface area contributed by atoms with E-state index >= 15 is 0 Å². The Morgan fingerprint density at radius 1 is 1.04 bits per heavy atom. The van der Waals surface area contributed by atoms with Crippen molar-refractivity contribution in [3.05, 3.63) is 57.5 Å². The summed E-state index contributed by atoms with van der Waals surface area (Å²) in [6.45, 7) is 10.2. The third kappa shape index (κ3) is 7.13. The molecule has 0 unspecified atom stereocenters. The van der Waals surface area contributed by atoms with Gasteiger partial charge in [0.2, 0.25) is 0 Å². The first-order valence-corrected chi connectivity index (χ1v) is 8.18. The zero-order valence-corrected chi connectivity index (χ0v) is 15.5. The molecule has 23 heavy (non-hydrogen) atoms. The zero-order valence-electron chi connectivity index (χ0n) is 15.5. The lowest BCUT2D eigenvalue weighted by Gasteiger charge is -2.07. The largest absolute Gasteiger partial charge is 0.497 e. The van der Waals surface area contributed by atoms with E-state index in [1.807, 2.05) is 26.8 Å². The molecule has 0 atom stereocenters. The molecule has 0 amide bonds. The molecule has 0 saturated carbocycles. The van der Waals surface area contributed by atoms with Gasteiger partial charge < -0.3 is 4.74 Å². The standard InChI is InChI=1S/C11H16O.C6H8N2O.C2H6/c1-4-9-6-7-11(12-3)8-10(9)5-2;1-5-3-4-6(9)8(2)7-5;1-2/h6-8H,4-5H2,1-3H3;3-4H,1-2H3;1-2H3. The van der Waals surface area contributed by atoms with E-state index in [1.165, 1.54) is 21.9 Å². The molecule has 1 aromatic carbocycles. The summed E-state index contributed by atoms with van der Waals surface area (Å²) in [6, 6.07) is 9.50. The van der Waals surface area contributed by atoms with Crippen LogP contribution in [0.1, 0.15) is 44.5 Å². The predicted molar refractivity (Wildman–Crippen MR) is 97.3 cm³/mol. The molecule has 0 radical (unpaired) electrons. The maximum absolute atomic E-state index is 10.7. The van der Waals surface area contributed by atoms with Gasteiger partial charge in [0.1, 0.15) is 5.75 Å². The van der Waals surface area contributed by atoms with Crippen molar-refractivity contribution in [3.63, 3.8) is 0 Å². The Labute approximate surface area is 140 Å². The van der Waals surface area contributed by atoms with Gasteiger partial charge in [0, 0.05) is 13.1 Å². The first-order chi connectivity index (χ1) is 11.0. The van der Waals surface area contributed by atoms with Crippen molar-refractivity contribution >= 4 is 0 Å². The minimum Gasteiger partial charge on any atom is -0.497 e. The van der Waals surface area contributed by atoms with Crippen molar-refractivity contribution in [3.8, 4) is 5.75 Å². The number of benzene rings is 1. The molecule has 0 aliphatic rings. The first-order valence-electron chi connectivity index (χ1n) is 8.18. The van der Waals surface area contributed by atoms with Crippen molar-refractivity contribution < 1.29 is 4.74 Å². The molecular weight excluding hydrogens is 288 g/mol. The van der Waals surface area contributed by atoms with Crippen molar-refractivity contribution in [1.82, 2.24) is 9.78 Å². The average molecular weight is 318 g/mol. The fraction of sp³-hybridized carbons (Fsp3) is 0.474. The van der Waals surface area contributed by atoms with E-state index in [2.05, 4.69) is 31.1 Å². The van der Waals surface area contributed by atoms with Crippen LogP contribution in [0.3, 0.4) is 0 Å². The average Bonchev–Trinajstić information content (AvgIpc) is 2.60. The van der Waals surface area contributed by atoms with Crippen molar-refractivity contribution in [2.24, 2.45) is 7.05 Å². The van der Waals surface area contributed by atoms with Gasteiger partial charge in [-0.3, -0.25) is 4.79 Å². The molecule has 4 nitrogen and oxygen atoms in total. The van der Waals surface area contributed by atoms with Gasteiger partial charge in [0.25, 0.3) is 5.56 Å². The molecule has 0 bridgehead atoms. The van der Waals surface area contributed by atoms with Crippen LogP contribution in [0.15, 0.2) is 35.1 Å². The molecule has 0 saturated heterocycles. The van der Waals surface area contributed by atoms with E-state index < -0.39 is 0 Å². The van der Waals surface area contributed by atoms with Gasteiger partial charge in [-0.2, -0.15) is 5.10 Å². The molecule has 1 heterocycles. The number of hydrogen-bond acceptors (Lipinski definition) is 3. The molecule has 0 aliphatic carbocycles. The maximum atomic E-state index is 10.7. The Bertz CT molecular complexity index is 634. The van der Waals surface area contributed by atoms with Crippen molar-refractivity contribution in [2.75, 3.05) is 7.11 Å². The topological polar surface area (TPSA) is 44.1 Å². The second-order valence-electron chi connectivity index (χ2n) is 4.78. The molecule has 1 aromatic heterocycles. The van der Waals surface area contributed by atoms with Gasteiger partial charge in [-0.25, -0.2) is 4.68 Å². The van der Waals surface area contributed by atoms with Crippen LogP contribution in [0.5, 0.6) is 5.75 Å². The molecule has 2 rings (SSSR count). The highest BCUT2D eigenvalue weighted by molar-refractivity contribution is 5.35. The lowest BCUT2D eigenvalue weighted by molar-refractivity contribution is 0.414. The van der Waals surface area contributed by atoms with Crippen LogP contribution in [0.2, 0.25) is 0 Å². The lowest BCUT2D eigenvalue weighted by atomic mass is 10.0. The van der Waals surface area contributed by atoms with E-state index in [4.69, 9.17) is 4.74 Å². The minimum absolute atomic E-state index is 0.0689. The highest BCUT2D eigenvalue weighted by atomic mass is 16.5. The van der Waals surface area contributed by atoms with Crippen LogP contribution in [0, 0.1) is 6.92 Å². The van der Waals surface area contributed by atoms with Gasteiger partial charge in [-0.05, 0) is 49.1 Å². The Morgan fingerprint density at radius 2 is 1.65 bits per heavy atom. The summed E-state index contributed by atoms with van der Waals surface area (Å²) < 4.78 is 6.47. The summed E-state index contributed by atoms with van der Waals surface area (Å²) in [5.41, 5.74) is 3.62. The van der Waals surface area contributed by atoms with E-state index in [1.54, 1.807) is 20.2 Å². The van der Waals surface area contributed by atoms with Gasteiger partial charge >= 0.3 is 0 Å². The van der Waals surface area contributed by atoms with E-state index in [9.17, 15) is 4.79 Å². The fourth-order valence-corrected chi connectivity index (χ4v) is 2.02. The summed E-state index contributed by atoms with van der Waals surface area (Å²) in [5.74, 6) is 0.962. The van der Waals surface area contributed by atoms with Crippen LogP contribution in [-0.4, -0.2) is 16.9 Å². The molecule has 0 fully saturated rings. The summed E-state index contributed by atoms with van der Waals surface area (Å²) >= 11 is 0. The normalized spacial score (nSPS) is 9.17. The molecule has 0 N–H and O–H groups in total. The molecule has 0 aliphatic heterocycles. The van der Waals surface area contributed by atoms with Gasteiger partial charge in [0.15, 0.2) is 0 Å². The molecule has 4 heteroatoms. The number of aromatic nitrogens is 2. The predicted octanol–water partition coefficient (Wildman–Crippen LogP) is 3.93.